The third-order valence-corrected chi connectivity index (χ3v) is 6.11. The lowest BCUT2D eigenvalue weighted by Gasteiger charge is -2.21. The van der Waals surface area contributed by atoms with Gasteiger partial charge in [0.05, 0.1) is 4.90 Å². The van der Waals surface area contributed by atoms with Crippen molar-refractivity contribution in [3.63, 3.8) is 0 Å². The first-order valence-electron chi connectivity index (χ1n) is 7.65. The normalized spacial score (nSPS) is 12.8. The number of pyridine rings is 1. The first-order chi connectivity index (χ1) is 12.3. The highest BCUT2D eigenvalue weighted by atomic mass is 32.2. The van der Waals surface area contributed by atoms with Gasteiger partial charge in [0.15, 0.2) is 9.84 Å². The molecule has 0 radical (unpaired) electrons. The molecule has 0 spiro atoms. The molecule has 1 heterocycles. The minimum Gasteiger partial charge on any atom is -0.264 e. The second-order valence-electron chi connectivity index (χ2n) is 5.78. The smallest absolute Gasteiger partial charge is 0.189 e. The maximum Gasteiger partial charge on any atom is 0.189 e. The Morgan fingerprint density at radius 2 is 1.54 bits per heavy atom. The zero-order valence-electron chi connectivity index (χ0n) is 13.7. The van der Waals surface area contributed by atoms with Crippen LogP contribution < -0.4 is 0 Å². The van der Waals surface area contributed by atoms with Crippen molar-refractivity contribution in [3.05, 3.63) is 95.1 Å². The Morgan fingerprint density at radius 3 is 2.19 bits per heavy atom. The summed E-state index contributed by atoms with van der Waals surface area (Å²) in [5, 5.41) is -1.52. The van der Waals surface area contributed by atoms with Crippen LogP contribution in [0.2, 0.25) is 0 Å². The molecule has 0 aliphatic heterocycles. The van der Waals surface area contributed by atoms with Gasteiger partial charge in [0.25, 0.3) is 0 Å². The van der Waals surface area contributed by atoms with Gasteiger partial charge in [-0.05, 0) is 66.6 Å². The summed E-state index contributed by atoms with van der Waals surface area (Å²) in [5.41, 5.74) is 0.450. The quantitative estimate of drug-likeness (QED) is 0.635. The molecule has 0 aliphatic carbocycles. The number of hydrogen-bond acceptors (Lipinski definition) is 3. The maximum absolute atomic E-state index is 14.4. The van der Waals surface area contributed by atoms with Crippen LogP contribution in [0.1, 0.15) is 21.9 Å². The van der Waals surface area contributed by atoms with Crippen molar-refractivity contribution in [1.82, 2.24) is 4.98 Å². The lowest BCUT2D eigenvalue weighted by molar-refractivity contribution is 0.569. The predicted octanol–water partition coefficient (Wildman–Crippen LogP) is 4.37. The minimum absolute atomic E-state index is 0.198. The summed E-state index contributed by atoms with van der Waals surface area (Å²) >= 11 is 0. The highest BCUT2D eigenvalue weighted by Gasteiger charge is 2.34. The number of nitrogens with zero attached hydrogens (tertiary/aromatic N) is 1. The number of benzene rings is 2. The van der Waals surface area contributed by atoms with Crippen molar-refractivity contribution >= 4 is 9.84 Å². The molecule has 0 amide bonds. The first kappa shape index (κ1) is 18.1. The molecule has 3 aromatic rings. The summed E-state index contributed by atoms with van der Waals surface area (Å²) in [6.07, 6.45) is 2.79. The average molecular weight is 377 g/mol. The molecule has 0 fully saturated rings. The number of aromatic nitrogens is 1. The van der Waals surface area contributed by atoms with Gasteiger partial charge in [0.1, 0.15) is 22.7 Å². The summed E-state index contributed by atoms with van der Waals surface area (Å²) in [5.74, 6) is -2.22. The molecule has 0 N–H and O–H groups in total. The van der Waals surface area contributed by atoms with Crippen molar-refractivity contribution in [3.8, 4) is 0 Å². The standard InChI is InChI=1S/C19H14F3NO2S/c1-12-8-9-23-11-17(12)19(16-10-14(21)4-7-18(16)22)26(24,25)15-5-2-13(20)3-6-15/h2-11,19H,1H3. The highest BCUT2D eigenvalue weighted by Crippen LogP contribution is 2.37. The second-order valence-corrected chi connectivity index (χ2v) is 7.81. The van der Waals surface area contributed by atoms with Gasteiger partial charge < -0.3 is 0 Å². The molecular formula is C19H14F3NO2S. The monoisotopic (exact) mass is 377 g/mol. The van der Waals surface area contributed by atoms with Gasteiger partial charge in [-0.1, -0.05) is 0 Å². The summed E-state index contributed by atoms with van der Waals surface area (Å²) in [6, 6.07) is 8.43. The fourth-order valence-electron chi connectivity index (χ4n) is 2.73. The number of aryl methyl sites for hydroxylation is 1. The van der Waals surface area contributed by atoms with Crippen molar-refractivity contribution in [2.75, 3.05) is 0 Å². The topological polar surface area (TPSA) is 47.0 Å². The summed E-state index contributed by atoms with van der Waals surface area (Å²) in [6.45, 7) is 1.65. The van der Waals surface area contributed by atoms with E-state index in [0.717, 1.165) is 42.5 Å². The Hall–Kier alpha value is -2.67. The van der Waals surface area contributed by atoms with Crippen LogP contribution in [-0.2, 0) is 9.84 Å². The molecule has 3 rings (SSSR count). The lowest BCUT2D eigenvalue weighted by Crippen LogP contribution is -2.18. The van der Waals surface area contributed by atoms with Gasteiger partial charge in [-0.25, -0.2) is 21.6 Å². The Balaban J connectivity index is 2.29. The van der Waals surface area contributed by atoms with E-state index in [1.165, 1.54) is 12.4 Å². The first-order valence-corrected chi connectivity index (χ1v) is 9.20. The van der Waals surface area contributed by atoms with Crippen molar-refractivity contribution < 1.29 is 21.6 Å². The van der Waals surface area contributed by atoms with Crippen LogP contribution in [0.3, 0.4) is 0 Å². The summed E-state index contributed by atoms with van der Waals surface area (Å²) in [4.78, 5) is 3.73. The van der Waals surface area contributed by atoms with E-state index >= 15 is 0 Å². The minimum atomic E-state index is -4.20. The molecule has 0 aliphatic rings. The number of rotatable bonds is 4. The average Bonchev–Trinajstić information content (AvgIpc) is 2.60. The molecule has 1 atom stereocenters. The number of sulfone groups is 1. The van der Waals surface area contributed by atoms with Crippen molar-refractivity contribution in [2.24, 2.45) is 0 Å². The Kier molecular flexibility index (Phi) is 4.82. The van der Waals surface area contributed by atoms with E-state index in [0.29, 0.717) is 5.56 Å². The molecule has 7 heteroatoms. The van der Waals surface area contributed by atoms with E-state index in [2.05, 4.69) is 4.98 Å². The molecule has 3 nitrogen and oxygen atoms in total. The third-order valence-electron chi connectivity index (χ3n) is 4.06. The molecule has 1 unspecified atom stereocenters. The van der Waals surface area contributed by atoms with Crippen LogP contribution in [0.5, 0.6) is 0 Å². The van der Waals surface area contributed by atoms with E-state index in [1.54, 1.807) is 13.0 Å². The maximum atomic E-state index is 14.4. The van der Waals surface area contributed by atoms with Crippen LogP contribution in [0.4, 0.5) is 13.2 Å². The van der Waals surface area contributed by atoms with Crippen LogP contribution in [0.25, 0.3) is 0 Å². The Bertz CT molecular complexity index is 1050. The highest BCUT2D eigenvalue weighted by molar-refractivity contribution is 7.91. The Labute approximate surface area is 149 Å². The van der Waals surface area contributed by atoms with Gasteiger partial charge >= 0.3 is 0 Å². The zero-order valence-corrected chi connectivity index (χ0v) is 14.5. The van der Waals surface area contributed by atoms with E-state index in [1.807, 2.05) is 0 Å². The summed E-state index contributed by atoms with van der Waals surface area (Å²) < 4.78 is 67.8. The third kappa shape index (κ3) is 3.35. The van der Waals surface area contributed by atoms with Crippen molar-refractivity contribution in [1.29, 1.82) is 0 Å². The van der Waals surface area contributed by atoms with E-state index in [4.69, 9.17) is 0 Å². The molecule has 0 bridgehead atoms. The van der Waals surface area contributed by atoms with Crippen LogP contribution >= 0.6 is 0 Å². The SMILES string of the molecule is Cc1ccncc1C(c1cc(F)ccc1F)S(=O)(=O)c1ccc(F)cc1. The molecule has 0 saturated heterocycles. The molecule has 2 aromatic carbocycles. The molecule has 26 heavy (non-hydrogen) atoms. The molecular weight excluding hydrogens is 363 g/mol. The van der Waals surface area contributed by atoms with Crippen LogP contribution in [0, 0.1) is 24.4 Å². The van der Waals surface area contributed by atoms with E-state index in [9.17, 15) is 21.6 Å². The van der Waals surface area contributed by atoms with Gasteiger partial charge in [0.2, 0.25) is 0 Å². The van der Waals surface area contributed by atoms with Crippen LogP contribution in [0.15, 0.2) is 65.8 Å². The zero-order chi connectivity index (χ0) is 18.9. The second kappa shape index (κ2) is 6.92. The van der Waals surface area contributed by atoms with Crippen molar-refractivity contribution in [2.45, 2.75) is 17.1 Å². The van der Waals surface area contributed by atoms with E-state index in [-0.39, 0.29) is 16.0 Å². The van der Waals surface area contributed by atoms with E-state index < -0.39 is 32.5 Å². The summed E-state index contributed by atoms with van der Waals surface area (Å²) in [7, 11) is -4.20. The number of halogens is 3. The molecule has 134 valence electrons. The van der Waals surface area contributed by atoms with Gasteiger partial charge in [-0.2, -0.15) is 0 Å². The lowest BCUT2D eigenvalue weighted by atomic mass is 10.0. The molecule has 0 saturated carbocycles. The van der Waals surface area contributed by atoms with Gasteiger partial charge in [0, 0.05) is 18.0 Å². The molecule has 1 aromatic heterocycles. The number of hydrogen-bond donors (Lipinski definition) is 0. The fraction of sp³-hybridized carbons (Fsp3) is 0.105. The van der Waals surface area contributed by atoms with Gasteiger partial charge in [-0.15, -0.1) is 0 Å². The fourth-order valence-corrected chi connectivity index (χ4v) is 4.61. The Morgan fingerprint density at radius 1 is 0.885 bits per heavy atom. The largest absolute Gasteiger partial charge is 0.264 e. The van der Waals surface area contributed by atoms with Crippen LogP contribution in [-0.4, -0.2) is 13.4 Å². The predicted molar refractivity (Wildman–Crippen MR) is 90.8 cm³/mol. The van der Waals surface area contributed by atoms with Gasteiger partial charge in [-0.3, -0.25) is 4.98 Å².